The van der Waals surface area contributed by atoms with Gasteiger partial charge in [-0.05, 0) is 62.5 Å². The molecular weight excluding hydrogens is 208 g/mol. The summed E-state index contributed by atoms with van der Waals surface area (Å²) < 4.78 is 2.28. The van der Waals surface area contributed by atoms with E-state index in [1.54, 1.807) is 0 Å². The van der Waals surface area contributed by atoms with Crippen molar-refractivity contribution in [3.05, 3.63) is 23.0 Å². The minimum absolute atomic E-state index is 0.720. The predicted octanol–water partition coefficient (Wildman–Crippen LogP) is 2.92. The lowest BCUT2D eigenvalue weighted by Gasteiger charge is -2.14. The topological polar surface area (TPSA) is 17.0 Å². The molecular formula is C15H24N2. The maximum atomic E-state index is 3.69. The number of nitrogens with zero attached hydrogens (tertiary/aromatic N) is 1. The molecule has 1 aromatic rings. The van der Waals surface area contributed by atoms with Gasteiger partial charge in [0.2, 0.25) is 0 Å². The molecule has 0 aliphatic heterocycles. The van der Waals surface area contributed by atoms with Gasteiger partial charge in [0.15, 0.2) is 0 Å². The van der Waals surface area contributed by atoms with Crippen LogP contribution >= 0.6 is 0 Å². The van der Waals surface area contributed by atoms with Crippen molar-refractivity contribution in [2.45, 2.75) is 46.1 Å². The SMILES string of the molecule is Cc1cc(CNCC2(C3CC3)CC2)c(C)n1C. The molecule has 2 fully saturated rings. The number of aryl methyl sites for hydroxylation is 1. The summed E-state index contributed by atoms with van der Waals surface area (Å²) in [4.78, 5) is 0. The molecule has 2 nitrogen and oxygen atoms in total. The normalized spacial score (nSPS) is 21.8. The second-order valence-electron chi connectivity index (χ2n) is 6.20. The zero-order valence-electron chi connectivity index (χ0n) is 11.3. The number of nitrogens with one attached hydrogen (secondary N) is 1. The molecule has 94 valence electrons. The van der Waals surface area contributed by atoms with Crippen LogP contribution in [0.1, 0.15) is 42.6 Å². The summed E-state index contributed by atoms with van der Waals surface area (Å²) in [6.07, 6.45) is 5.92. The highest BCUT2D eigenvalue weighted by atomic mass is 15.0. The van der Waals surface area contributed by atoms with Crippen molar-refractivity contribution >= 4 is 0 Å². The first-order chi connectivity index (χ1) is 8.12. The van der Waals surface area contributed by atoms with Gasteiger partial charge in [-0.15, -0.1) is 0 Å². The maximum Gasteiger partial charge on any atom is 0.0223 e. The van der Waals surface area contributed by atoms with E-state index in [9.17, 15) is 0 Å². The summed E-state index contributed by atoms with van der Waals surface area (Å²) in [7, 11) is 2.15. The van der Waals surface area contributed by atoms with E-state index in [-0.39, 0.29) is 0 Å². The Morgan fingerprint density at radius 2 is 2.06 bits per heavy atom. The van der Waals surface area contributed by atoms with Gasteiger partial charge in [-0.25, -0.2) is 0 Å². The van der Waals surface area contributed by atoms with E-state index in [1.165, 1.54) is 49.2 Å². The van der Waals surface area contributed by atoms with Gasteiger partial charge < -0.3 is 9.88 Å². The summed E-state index contributed by atoms with van der Waals surface area (Å²) in [6.45, 7) is 6.69. The number of aromatic nitrogens is 1. The van der Waals surface area contributed by atoms with Crippen LogP contribution in [-0.4, -0.2) is 11.1 Å². The predicted molar refractivity (Wildman–Crippen MR) is 71.0 cm³/mol. The first-order valence-corrected chi connectivity index (χ1v) is 6.95. The van der Waals surface area contributed by atoms with Gasteiger partial charge in [-0.1, -0.05) is 0 Å². The van der Waals surface area contributed by atoms with Crippen LogP contribution in [0, 0.1) is 25.2 Å². The third-order valence-corrected chi connectivity index (χ3v) is 5.01. The van der Waals surface area contributed by atoms with E-state index in [0.29, 0.717) is 0 Å². The highest BCUT2D eigenvalue weighted by Crippen LogP contribution is 2.60. The Morgan fingerprint density at radius 1 is 1.35 bits per heavy atom. The van der Waals surface area contributed by atoms with Crippen molar-refractivity contribution in [1.82, 2.24) is 9.88 Å². The fraction of sp³-hybridized carbons (Fsp3) is 0.733. The highest BCUT2D eigenvalue weighted by molar-refractivity contribution is 5.26. The highest BCUT2D eigenvalue weighted by Gasteiger charge is 2.53. The Balaban J connectivity index is 1.55. The molecule has 0 atom stereocenters. The zero-order valence-corrected chi connectivity index (χ0v) is 11.3. The molecule has 0 radical (unpaired) electrons. The fourth-order valence-electron chi connectivity index (χ4n) is 3.14. The van der Waals surface area contributed by atoms with Crippen molar-refractivity contribution in [2.75, 3.05) is 6.54 Å². The van der Waals surface area contributed by atoms with Gasteiger partial charge in [0.25, 0.3) is 0 Å². The third kappa shape index (κ3) is 2.03. The monoisotopic (exact) mass is 232 g/mol. The van der Waals surface area contributed by atoms with Gasteiger partial charge in [-0.3, -0.25) is 0 Å². The second kappa shape index (κ2) is 3.88. The molecule has 0 amide bonds. The van der Waals surface area contributed by atoms with E-state index in [1.807, 2.05) is 0 Å². The Kier molecular flexibility index (Phi) is 2.58. The first kappa shape index (κ1) is 11.3. The van der Waals surface area contributed by atoms with Gasteiger partial charge >= 0.3 is 0 Å². The summed E-state index contributed by atoms with van der Waals surface area (Å²) in [5.41, 5.74) is 4.96. The van der Waals surface area contributed by atoms with Crippen molar-refractivity contribution in [2.24, 2.45) is 18.4 Å². The van der Waals surface area contributed by atoms with Gasteiger partial charge in [0.1, 0.15) is 0 Å². The number of hydrogen-bond donors (Lipinski definition) is 1. The van der Waals surface area contributed by atoms with E-state index in [2.05, 4.69) is 36.8 Å². The standard InChI is InChI=1S/C15H24N2/c1-11-8-13(12(2)17(11)3)9-16-10-15(6-7-15)14-4-5-14/h8,14,16H,4-7,9-10H2,1-3H3. The molecule has 1 aromatic heterocycles. The van der Waals surface area contributed by atoms with Crippen LogP contribution in [0.2, 0.25) is 0 Å². The maximum absolute atomic E-state index is 3.69. The molecule has 1 N–H and O–H groups in total. The number of hydrogen-bond acceptors (Lipinski definition) is 1. The molecule has 2 saturated carbocycles. The second-order valence-corrected chi connectivity index (χ2v) is 6.20. The Hall–Kier alpha value is -0.760. The van der Waals surface area contributed by atoms with E-state index >= 15 is 0 Å². The largest absolute Gasteiger partial charge is 0.352 e. The minimum atomic E-state index is 0.720. The van der Waals surface area contributed by atoms with Crippen LogP contribution in [-0.2, 0) is 13.6 Å². The fourth-order valence-corrected chi connectivity index (χ4v) is 3.14. The summed E-state index contributed by atoms with van der Waals surface area (Å²) in [5.74, 6) is 1.06. The van der Waals surface area contributed by atoms with Gasteiger partial charge in [-0.2, -0.15) is 0 Å². The molecule has 0 saturated heterocycles. The average molecular weight is 232 g/mol. The van der Waals surface area contributed by atoms with Crippen molar-refractivity contribution < 1.29 is 0 Å². The minimum Gasteiger partial charge on any atom is -0.352 e. The Morgan fingerprint density at radius 3 is 2.53 bits per heavy atom. The molecule has 3 rings (SSSR count). The molecule has 1 heterocycles. The van der Waals surface area contributed by atoms with Crippen LogP contribution in [0.4, 0.5) is 0 Å². The summed E-state index contributed by atoms with van der Waals surface area (Å²) in [6, 6.07) is 2.32. The lowest BCUT2D eigenvalue weighted by molar-refractivity contribution is 0.403. The Labute approximate surface area is 104 Å². The molecule has 2 heteroatoms. The van der Waals surface area contributed by atoms with E-state index < -0.39 is 0 Å². The zero-order chi connectivity index (χ0) is 12.0. The van der Waals surface area contributed by atoms with Crippen LogP contribution in [0.3, 0.4) is 0 Å². The lowest BCUT2D eigenvalue weighted by Crippen LogP contribution is -2.25. The average Bonchev–Trinajstić information content (AvgIpc) is 3.14. The number of rotatable bonds is 5. The summed E-state index contributed by atoms with van der Waals surface area (Å²) >= 11 is 0. The molecule has 2 aliphatic rings. The van der Waals surface area contributed by atoms with E-state index in [4.69, 9.17) is 0 Å². The van der Waals surface area contributed by atoms with Gasteiger partial charge in [0.05, 0.1) is 0 Å². The lowest BCUT2D eigenvalue weighted by atomic mass is 10.0. The van der Waals surface area contributed by atoms with Crippen molar-refractivity contribution in [3.63, 3.8) is 0 Å². The van der Waals surface area contributed by atoms with Crippen LogP contribution in [0.5, 0.6) is 0 Å². The van der Waals surface area contributed by atoms with Crippen LogP contribution in [0.25, 0.3) is 0 Å². The van der Waals surface area contributed by atoms with Crippen molar-refractivity contribution in [1.29, 1.82) is 0 Å². The van der Waals surface area contributed by atoms with Gasteiger partial charge in [0, 0.05) is 31.5 Å². The third-order valence-electron chi connectivity index (χ3n) is 5.01. The van der Waals surface area contributed by atoms with E-state index in [0.717, 1.165) is 17.9 Å². The molecule has 0 bridgehead atoms. The first-order valence-electron chi connectivity index (χ1n) is 6.95. The molecule has 17 heavy (non-hydrogen) atoms. The van der Waals surface area contributed by atoms with Crippen LogP contribution < -0.4 is 5.32 Å². The van der Waals surface area contributed by atoms with Crippen LogP contribution in [0.15, 0.2) is 6.07 Å². The molecule has 0 unspecified atom stereocenters. The quantitative estimate of drug-likeness (QED) is 0.826. The summed E-state index contributed by atoms with van der Waals surface area (Å²) in [5, 5.41) is 3.69. The molecule has 2 aliphatic carbocycles. The Bertz CT molecular complexity index is 422. The smallest absolute Gasteiger partial charge is 0.0223 e. The molecule has 0 aromatic carbocycles. The van der Waals surface area contributed by atoms with Crippen molar-refractivity contribution in [3.8, 4) is 0 Å². The molecule has 0 spiro atoms.